The zero-order valence-electron chi connectivity index (χ0n) is 11.8. The lowest BCUT2D eigenvalue weighted by atomic mass is 9.84. The van der Waals surface area contributed by atoms with Gasteiger partial charge < -0.3 is 10.2 Å². The standard InChI is InChI=1S/C15H23ClN2/c1-11-7-8-12(10-13(11)16)18-9-5-6-14(17-4)15(18,2)3/h7-8,10,14,17H,5-6,9H2,1-4H3. The summed E-state index contributed by atoms with van der Waals surface area (Å²) in [6, 6.07) is 6.90. The second kappa shape index (κ2) is 5.10. The number of benzene rings is 1. The van der Waals surface area contributed by atoms with Crippen molar-refractivity contribution in [3.8, 4) is 0 Å². The molecule has 18 heavy (non-hydrogen) atoms. The Morgan fingerprint density at radius 3 is 2.72 bits per heavy atom. The number of hydrogen-bond acceptors (Lipinski definition) is 2. The van der Waals surface area contributed by atoms with E-state index >= 15 is 0 Å². The molecule has 3 heteroatoms. The third-order valence-electron chi connectivity index (χ3n) is 4.24. The molecule has 0 amide bonds. The average Bonchev–Trinajstić information content (AvgIpc) is 2.32. The maximum absolute atomic E-state index is 6.25. The van der Waals surface area contributed by atoms with Gasteiger partial charge in [0, 0.05) is 28.8 Å². The van der Waals surface area contributed by atoms with Gasteiger partial charge in [-0.2, -0.15) is 0 Å². The van der Waals surface area contributed by atoms with E-state index in [9.17, 15) is 0 Å². The first-order chi connectivity index (χ1) is 8.46. The van der Waals surface area contributed by atoms with Crippen molar-refractivity contribution >= 4 is 17.3 Å². The zero-order valence-corrected chi connectivity index (χ0v) is 12.5. The number of anilines is 1. The van der Waals surface area contributed by atoms with Gasteiger partial charge in [-0.25, -0.2) is 0 Å². The molecular formula is C15H23ClN2. The molecule has 1 atom stereocenters. The van der Waals surface area contributed by atoms with E-state index in [1.54, 1.807) is 0 Å². The fourth-order valence-corrected chi connectivity index (χ4v) is 3.17. The normalized spacial score (nSPS) is 23.2. The Morgan fingerprint density at radius 1 is 1.39 bits per heavy atom. The molecule has 1 heterocycles. The smallest absolute Gasteiger partial charge is 0.0498 e. The molecule has 0 aliphatic carbocycles. The molecule has 1 aliphatic heterocycles. The molecule has 1 aromatic carbocycles. The van der Waals surface area contributed by atoms with E-state index in [-0.39, 0.29) is 5.54 Å². The average molecular weight is 267 g/mol. The third-order valence-corrected chi connectivity index (χ3v) is 4.65. The Kier molecular flexibility index (Phi) is 3.88. The van der Waals surface area contributed by atoms with Crippen molar-refractivity contribution in [2.75, 3.05) is 18.5 Å². The minimum Gasteiger partial charge on any atom is -0.365 e. The molecule has 0 aromatic heterocycles. The van der Waals surface area contributed by atoms with Gasteiger partial charge in [0.15, 0.2) is 0 Å². The Bertz CT molecular complexity index is 429. The first-order valence-electron chi connectivity index (χ1n) is 6.68. The SMILES string of the molecule is CNC1CCCN(c2ccc(C)c(Cl)c2)C1(C)C. The summed E-state index contributed by atoms with van der Waals surface area (Å²) in [6.07, 6.45) is 2.46. The van der Waals surface area contributed by atoms with E-state index in [0.717, 1.165) is 17.1 Å². The number of rotatable bonds is 2. The largest absolute Gasteiger partial charge is 0.365 e. The summed E-state index contributed by atoms with van der Waals surface area (Å²) in [5.74, 6) is 0. The summed E-state index contributed by atoms with van der Waals surface area (Å²) in [6.45, 7) is 7.76. The number of hydrogen-bond donors (Lipinski definition) is 1. The fraction of sp³-hybridized carbons (Fsp3) is 0.600. The number of halogens is 1. The van der Waals surface area contributed by atoms with Gasteiger partial charge in [-0.3, -0.25) is 0 Å². The molecule has 1 saturated heterocycles. The summed E-state index contributed by atoms with van der Waals surface area (Å²) in [7, 11) is 2.05. The van der Waals surface area contributed by atoms with E-state index in [0.29, 0.717) is 6.04 Å². The van der Waals surface area contributed by atoms with Crippen molar-refractivity contribution in [1.82, 2.24) is 5.32 Å². The minimum absolute atomic E-state index is 0.117. The van der Waals surface area contributed by atoms with Crippen LogP contribution < -0.4 is 10.2 Å². The van der Waals surface area contributed by atoms with Crippen LogP contribution in [0.25, 0.3) is 0 Å². The molecule has 2 rings (SSSR count). The van der Waals surface area contributed by atoms with Gasteiger partial charge in [0.05, 0.1) is 0 Å². The molecule has 1 unspecified atom stereocenters. The van der Waals surface area contributed by atoms with Gasteiger partial charge in [-0.05, 0) is 58.4 Å². The maximum atomic E-state index is 6.25. The van der Waals surface area contributed by atoms with Crippen LogP contribution in [-0.2, 0) is 0 Å². The monoisotopic (exact) mass is 266 g/mol. The molecule has 0 saturated carbocycles. The highest BCUT2D eigenvalue weighted by Gasteiger charge is 2.37. The second-order valence-corrected chi connectivity index (χ2v) is 6.13. The van der Waals surface area contributed by atoms with Crippen molar-refractivity contribution in [3.05, 3.63) is 28.8 Å². The number of likely N-dealkylation sites (N-methyl/N-ethyl adjacent to an activating group) is 1. The lowest BCUT2D eigenvalue weighted by molar-refractivity contribution is 0.275. The molecule has 0 radical (unpaired) electrons. The molecule has 1 fully saturated rings. The fourth-order valence-electron chi connectivity index (χ4n) is 2.99. The number of piperidine rings is 1. The third kappa shape index (κ3) is 2.36. The highest BCUT2D eigenvalue weighted by atomic mass is 35.5. The molecular weight excluding hydrogens is 244 g/mol. The number of nitrogens with one attached hydrogen (secondary N) is 1. The second-order valence-electron chi connectivity index (χ2n) is 5.72. The van der Waals surface area contributed by atoms with Crippen LogP contribution in [0.5, 0.6) is 0 Å². The Hall–Kier alpha value is -0.730. The minimum atomic E-state index is 0.117. The van der Waals surface area contributed by atoms with Crippen LogP contribution in [0.3, 0.4) is 0 Å². The Morgan fingerprint density at radius 2 is 2.11 bits per heavy atom. The van der Waals surface area contributed by atoms with Crippen molar-refractivity contribution in [3.63, 3.8) is 0 Å². The summed E-state index contributed by atoms with van der Waals surface area (Å²) in [5, 5.41) is 4.30. The van der Waals surface area contributed by atoms with Crippen molar-refractivity contribution in [1.29, 1.82) is 0 Å². The number of nitrogens with zero attached hydrogens (tertiary/aromatic N) is 1. The molecule has 1 aromatic rings. The molecule has 0 spiro atoms. The van der Waals surface area contributed by atoms with Crippen molar-refractivity contribution in [2.24, 2.45) is 0 Å². The highest BCUT2D eigenvalue weighted by Crippen LogP contribution is 2.34. The van der Waals surface area contributed by atoms with Crippen LogP contribution in [0.15, 0.2) is 18.2 Å². The summed E-state index contributed by atoms with van der Waals surface area (Å²) >= 11 is 6.25. The lowest BCUT2D eigenvalue weighted by Crippen LogP contribution is -2.60. The first-order valence-corrected chi connectivity index (χ1v) is 7.05. The van der Waals surface area contributed by atoms with E-state index in [4.69, 9.17) is 11.6 Å². The lowest BCUT2D eigenvalue weighted by Gasteiger charge is -2.49. The van der Waals surface area contributed by atoms with Gasteiger partial charge in [0.1, 0.15) is 0 Å². The Balaban J connectivity index is 2.33. The van der Waals surface area contributed by atoms with Gasteiger partial charge in [-0.15, -0.1) is 0 Å². The van der Waals surface area contributed by atoms with Gasteiger partial charge in [-0.1, -0.05) is 17.7 Å². The van der Waals surface area contributed by atoms with Gasteiger partial charge in [0.25, 0.3) is 0 Å². The van der Waals surface area contributed by atoms with Crippen LogP contribution in [-0.4, -0.2) is 25.2 Å². The predicted octanol–water partition coefficient (Wildman–Crippen LogP) is 3.62. The van der Waals surface area contributed by atoms with Crippen LogP contribution in [0, 0.1) is 6.92 Å². The molecule has 1 aliphatic rings. The van der Waals surface area contributed by atoms with Crippen LogP contribution in [0.4, 0.5) is 5.69 Å². The summed E-state index contributed by atoms with van der Waals surface area (Å²) in [4.78, 5) is 2.48. The molecule has 1 N–H and O–H groups in total. The first kappa shape index (κ1) is 13.7. The van der Waals surface area contributed by atoms with Crippen LogP contribution in [0.2, 0.25) is 5.02 Å². The quantitative estimate of drug-likeness (QED) is 0.880. The van der Waals surface area contributed by atoms with E-state index in [1.165, 1.54) is 18.5 Å². The molecule has 2 nitrogen and oxygen atoms in total. The summed E-state index contributed by atoms with van der Waals surface area (Å²) < 4.78 is 0. The predicted molar refractivity (Wildman–Crippen MR) is 79.7 cm³/mol. The van der Waals surface area contributed by atoms with Gasteiger partial charge in [0.2, 0.25) is 0 Å². The summed E-state index contributed by atoms with van der Waals surface area (Å²) in [5.41, 5.74) is 2.49. The van der Waals surface area contributed by atoms with Crippen molar-refractivity contribution in [2.45, 2.75) is 45.2 Å². The van der Waals surface area contributed by atoms with E-state index in [1.807, 2.05) is 6.92 Å². The van der Waals surface area contributed by atoms with Crippen molar-refractivity contribution < 1.29 is 0 Å². The van der Waals surface area contributed by atoms with Gasteiger partial charge >= 0.3 is 0 Å². The number of aryl methyl sites for hydroxylation is 1. The topological polar surface area (TPSA) is 15.3 Å². The zero-order chi connectivity index (χ0) is 13.3. The highest BCUT2D eigenvalue weighted by molar-refractivity contribution is 6.31. The van der Waals surface area contributed by atoms with E-state index in [2.05, 4.69) is 49.3 Å². The maximum Gasteiger partial charge on any atom is 0.0498 e. The van der Waals surface area contributed by atoms with Crippen LogP contribution >= 0.6 is 11.6 Å². The van der Waals surface area contributed by atoms with E-state index < -0.39 is 0 Å². The Labute approximate surface area is 115 Å². The molecule has 100 valence electrons. The molecule has 0 bridgehead atoms. The van der Waals surface area contributed by atoms with Crippen LogP contribution in [0.1, 0.15) is 32.3 Å².